The minimum Gasteiger partial charge on any atom is -0.322 e. The largest absolute Gasteiger partial charge is 0.322 e. The van der Waals surface area contributed by atoms with Crippen LogP contribution in [-0.2, 0) is 19.2 Å². The summed E-state index contributed by atoms with van der Waals surface area (Å²) in [5, 5.41) is 15.4. The van der Waals surface area contributed by atoms with E-state index in [0.717, 1.165) is 11.1 Å². The third-order valence-corrected chi connectivity index (χ3v) is 10.0. The van der Waals surface area contributed by atoms with Gasteiger partial charge in [-0.05, 0) is 97.1 Å². The predicted octanol–water partition coefficient (Wildman–Crippen LogP) is 9.41. The van der Waals surface area contributed by atoms with E-state index in [9.17, 15) is 19.2 Å². The van der Waals surface area contributed by atoms with Crippen LogP contribution in [-0.4, -0.2) is 34.8 Å². The van der Waals surface area contributed by atoms with Crippen LogP contribution in [0.4, 0.5) is 22.7 Å². The molecule has 0 atom stereocenters. The van der Waals surface area contributed by atoms with Gasteiger partial charge < -0.3 is 10.6 Å². The van der Waals surface area contributed by atoms with Crippen LogP contribution in [0, 0.1) is 20.8 Å². The average Bonchev–Trinajstić information content (AvgIpc) is 3.18. The van der Waals surface area contributed by atoms with Crippen molar-refractivity contribution in [1.82, 2.24) is 0 Å². The van der Waals surface area contributed by atoms with Gasteiger partial charge in [0, 0.05) is 26.9 Å². The fourth-order valence-corrected chi connectivity index (χ4v) is 6.69. The Morgan fingerprint density at radius 3 is 1.45 bits per heavy atom. The van der Waals surface area contributed by atoms with Gasteiger partial charge in [-0.25, -0.2) is 0 Å². The molecule has 0 saturated carbocycles. The van der Waals surface area contributed by atoms with Gasteiger partial charge >= 0.3 is 0 Å². The fourth-order valence-electron chi connectivity index (χ4n) is 6.13. The fraction of sp³-hybridized carbons (Fsp3) is 0.0698. The number of anilines is 4. The van der Waals surface area contributed by atoms with Gasteiger partial charge in [0.25, 0.3) is 11.8 Å². The van der Waals surface area contributed by atoms with Gasteiger partial charge in [0.05, 0.1) is 33.2 Å². The topological polar surface area (TPSA) is 141 Å². The number of halogens is 3. The first-order valence-electron chi connectivity index (χ1n) is 17.2. The minimum absolute atomic E-state index is 0.0470. The van der Waals surface area contributed by atoms with Crippen molar-refractivity contribution < 1.29 is 19.2 Å². The van der Waals surface area contributed by atoms with E-state index in [1.807, 2.05) is 26.0 Å². The Morgan fingerprint density at radius 2 is 0.964 bits per heavy atom. The number of hydrogen-bond donors (Lipinski definition) is 4. The zero-order valence-corrected chi connectivity index (χ0v) is 32.3. The monoisotopic (exact) mass is 800 g/mol. The zero-order chi connectivity index (χ0) is 39.7. The van der Waals surface area contributed by atoms with Gasteiger partial charge in [0.15, 0.2) is 0 Å². The van der Waals surface area contributed by atoms with Gasteiger partial charge in [-0.2, -0.15) is 10.2 Å². The Bertz CT molecular complexity index is 2470. The van der Waals surface area contributed by atoms with Crippen LogP contribution in [0.15, 0.2) is 118 Å². The third-order valence-electron chi connectivity index (χ3n) is 9.23. The first-order chi connectivity index (χ1) is 26.9. The molecule has 0 spiro atoms. The summed E-state index contributed by atoms with van der Waals surface area (Å²) < 4.78 is 0. The number of hydrogen-bond acceptors (Lipinski definition) is 8. The minimum atomic E-state index is -0.709. The highest BCUT2D eigenvalue weighted by Gasteiger charge is 2.32. The molecule has 2 amide bonds. The van der Waals surface area contributed by atoms with E-state index in [-0.39, 0.29) is 33.3 Å². The second kappa shape index (κ2) is 15.8. The lowest BCUT2D eigenvalue weighted by Crippen LogP contribution is -2.31. The number of ketones is 2. The summed E-state index contributed by atoms with van der Waals surface area (Å²) in [4.78, 5) is 55.0. The predicted molar refractivity (Wildman–Crippen MR) is 225 cm³/mol. The summed E-state index contributed by atoms with van der Waals surface area (Å²) in [6.45, 7) is 5.45. The van der Waals surface area contributed by atoms with Crippen LogP contribution in [0.1, 0.15) is 38.9 Å². The molecule has 5 aromatic rings. The highest BCUT2D eigenvalue weighted by molar-refractivity contribution is 6.60. The molecule has 0 fully saturated rings. The van der Waals surface area contributed by atoms with Crippen molar-refractivity contribution >= 4 is 105 Å². The maximum Gasteiger partial charge on any atom is 0.259 e. The molecule has 13 heteroatoms. The Labute approximate surface area is 336 Å². The molecule has 10 nitrogen and oxygen atoms in total. The Balaban J connectivity index is 1.11. The molecule has 0 aliphatic heterocycles. The number of carbonyl (C=O) groups is 4. The van der Waals surface area contributed by atoms with Gasteiger partial charge in [0.1, 0.15) is 11.4 Å². The highest BCUT2D eigenvalue weighted by Crippen LogP contribution is 2.32. The quantitative estimate of drug-likeness (QED) is 0.0911. The second-order valence-corrected chi connectivity index (χ2v) is 14.3. The molecule has 0 unspecified atom stereocenters. The van der Waals surface area contributed by atoms with E-state index in [1.54, 1.807) is 85.8 Å². The summed E-state index contributed by atoms with van der Waals surface area (Å²) in [5.74, 6) is -2.58. The van der Waals surface area contributed by atoms with E-state index in [2.05, 4.69) is 31.7 Å². The zero-order valence-electron chi connectivity index (χ0n) is 30.1. The summed E-state index contributed by atoms with van der Waals surface area (Å²) in [7, 11) is 0. The highest BCUT2D eigenvalue weighted by atomic mass is 35.5. The number of benzene rings is 5. The number of hydrazone groups is 2. The number of fused-ring (bicyclic) bond motifs is 2. The molecule has 0 saturated heterocycles. The molecular weight excluding hydrogens is 771 g/mol. The van der Waals surface area contributed by atoms with Crippen LogP contribution < -0.4 is 21.5 Å². The van der Waals surface area contributed by atoms with Crippen LogP contribution in [0.3, 0.4) is 0 Å². The first kappa shape index (κ1) is 38.0. The van der Waals surface area contributed by atoms with Gasteiger partial charge in [0.2, 0.25) is 11.6 Å². The molecular formula is C43H31Cl3N6O4. The van der Waals surface area contributed by atoms with Crippen molar-refractivity contribution in [2.45, 2.75) is 20.8 Å². The summed E-state index contributed by atoms with van der Waals surface area (Å²) >= 11 is 19.0. The molecule has 0 bridgehead atoms. The molecule has 278 valence electrons. The average molecular weight is 802 g/mol. The maximum atomic E-state index is 13.8. The lowest BCUT2D eigenvalue weighted by atomic mass is 9.89. The van der Waals surface area contributed by atoms with Crippen LogP contribution >= 0.6 is 34.8 Å². The number of nitrogens with one attached hydrogen (secondary N) is 4. The molecule has 56 heavy (non-hydrogen) atoms. The molecule has 0 aromatic heterocycles. The van der Waals surface area contributed by atoms with Gasteiger partial charge in [-0.15, -0.1) is 0 Å². The molecule has 2 aliphatic rings. The number of rotatable bonds is 8. The molecule has 2 aliphatic carbocycles. The summed E-state index contributed by atoms with van der Waals surface area (Å²) in [6.07, 6.45) is 3.01. The lowest BCUT2D eigenvalue weighted by Gasteiger charge is -2.19. The SMILES string of the molecule is Cc1ccc(Cl)cc1N/N=C1\C(=O)C(C(=O)Nc2cc(C)c(NC(=O)C3=Cc4ccccc4/C(=N\Nc4cc(Cl)ccc4C)C3=O)cc2Cl)=Cc2ccccc21. The molecule has 7 rings (SSSR count). The summed E-state index contributed by atoms with van der Waals surface area (Å²) in [5.41, 5.74) is 12.0. The number of carbonyl (C=O) groups excluding carboxylic acids is 4. The smallest absolute Gasteiger partial charge is 0.259 e. The van der Waals surface area contributed by atoms with Gasteiger partial charge in [-0.1, -0.05) is 95.5 Å². The molecule has 0 heterocycles. The molecule has 4 N–H and O–H groups in total. The van der Waals surface area contributed by atoms with E-state index in [4.69, 9.17) is 34.8 Å². The van der Waals surface area contributed by atoms with Crippen molar-refractivity contribution in [1.29, 1.82) is 0 Å². The van der Waals surface area contributed by atoms with Crippen molar-refractivity contribution in [3.8, 4) is 0 Å². The van der Waals surface area contributed by atoms with Crippen molar-refractivity contribution in [3.63, 3.8) is 0 Å². The van der Waals surface area contributed by atoms with Crippen molar-refractivity contribution in [3.05, 3.63) is 162 Å². The van der Waals surface area contributed by atoms with E-state index >= 15 is 0 Å². The Hall–Kier alpha value is -6.33. The van der Waals surface area contributed by atoms with E-state index in [1.165, 1.54) is 18.2 Å². The normalized spacial score (nSPS) is 14.8. The van der Waals surface area contributed by atoms with Crippen LogP contribution in [0.25, 0.3) is 12.2 Å². The lowest BCUT2D eigenvalue weighted by molar-refractivity contribution is -0.118. The number of amides is 2. The second-order valence-electron chi connectivity index (χ2n) is 13.1. The van der Waals surface area contributed by atoms with Crippen LogP contribution in [0.2, 0.25) is 15.1 Å². The maximum absolute atomic E-state index is 13.8. The number of nitrogens with zero attached hydrogens (tertiary/aromatic N) is 2. The molecule has 5 aromatic carbocycles. The first-order valence-corrected chi connectivity index (χ1v) is 18.4. The van der Waals surface area contributed by atoms with E-state index in [0.29, 0.717) is 54.9 Å². The molecule has 0 radical (unpaired) electrons. The van der Waals surface area contributed by atoms with E-state index < -0.39 is 23.4 Å². The number of aryl methyl sites for hydroxylation is 3. The Morgan fingerprint density at radius 1 is 0.518 bits per heavy atom. The summed E-state index contributed by atoms with van der Waals surface area (Å²) in [6, 6.07) is 27.8. The van der Waals surface area contributed by atoms with Crippen molar-refractivity contribution in [2.75, 3.05) is 21.5 Å². The Kier molecular flexibility index (Phi) is 10.7. The number of Topliss-reactive ketones (excluding diaryl/α,β-unsaturated/α-hetero) is 2. The standard InChI is InChI=1S/C43H31Cl3N6O4/c1-22-12-14-27(44)19-35(22)49-51-38-29-10-6-4-8-25(29)17-31(40(38)53)42(55)47-34-21-33(46)37(16-24(34)3)48-43(56)32-18-26-9-5-7-11-30(26)39(41(32)54)52-50-36-20-28(45)15-13-23(36)2/h4-21,49-50H,1-3H3,(H,47,55)(H,48,56)/b51-38+,52-39-. The van der Waals surface area contributed by atoms with Gasteiger partial charge in [-0.3, -0.25) is 30.0 Å². The van der Waals surface area contributed by atoms with Crippen LogP contribution in [0.5, 0.6) is 0 Å². The van der Waals surface area contributed by atoms with Crippen molar-refractivity contribution in [2.24, 2.45) is 10.2 Å². The third kappa shape index (κ3) is 7.76.